The number of aryl methyl sites for hydroxylation is 2. The molecule has 0 unspecified atom stereocenters. The largest absolute Gasteiger partial charge is 0.346 e. The monoisotopic (exact) mass is 421 g/mol. The highest BCUT2D eigenvalue weighted by atomic mass is 16.2. The number of likely N-dealkylation sites (tertiary alicyclic amines) is 1. The van der Waals surface area contributed by atoms with Gasteiger partial charge in [0.15, 0.2) is 0 Å². The fourth-order valence-electron chi connectivity index (χ4n) is 4.37. The molecule has 0 spiro atoms. The van der Waals surface area contributed by atoms with E-state index in [2.05, 4.69) is 48.7 Å². The summed E-state index contributed by atoms with van der Waals surface area (Å²) in [7, 11) is 0. The molecule has 0 saturated carbocycles. The lowest BCUT2D eigenvalue weighted by atomic mass is 9.89. The standard InChI is InChI=1S/C26H35N3O2/c1-17(2)27-26(31)29-13-7-10-23(16-29)21-8-6-9-22(15-21)25(30)28-20(5)24-12-11-18(3)14-19(24)4/h6,8-9,11-12,14-15,17,20,23H,7,10,13,16H2,1-5H3,(H,27,31)(H,28,30)/t20-,23+/m1/s1. The molecule has 2 aromatic rings. The van der Waals surface area contributed by atoms with Crippen LogP contribution in [0.2, 0.25) is 0 Å². The number of amides is 3. The minimum Gasteiger partial charge on any atom is -0.346 e. The first-order chi connectivity index (χ1) is 14.7. The topological polar surface area (TPSA) is 61.4 Å². The number of hydrogen-bond acceptors (Lipinski definition) is 2. The summed E-state index contributed by atoms with van der Waals surface area (Å²) in [5, 5.41) is 6.12. The van der Waals surface area contributed by atoms with Gasteiger partial charge in [0.05, 0.1) is 6.04 Å². The molecule has 0 aliphatic carbocycles. The fourth-order valence-corrected chi connectivity index (χ4v) is 4.37. The van der Waals surface area contributed by atoms with Crippen LogP contribution in [0.1, 0.15) is 78.2 Å². The first-order valence-electron chi connectivity index (χ1n) is 11.3. The molecule has 166 valence electrons. The molecule has 5 nitrogen and oxygen atoms in total. The third-order valence-electron chi connectivity index (χ3n) is 5.98. The van der Waals surface area contributed by atoms with E-state index >= 15 is 0 Å². The predicted octanol–water partition coefficient (Wildman–Crippen LogP) is 5.09. The highest BCUT2D eigenvalue weighted by Gasteiger charge is 2.25. The van der Waals surface area contributed by atoms with Crippen LogP contribution >= 0.6 is 0 Å². The Balaban J connectivity index is 1.69. The molecule has 0 aromatic heterocycles. The molecule has 1 aliphatic heterocycles. The molecule has 1 heterocycles. The van der Waals surface area contributed by atoms with Gasteiger partial charge in [0.1, 0.15) is 0 Å². The van der Waals surface area contributed by atoms with Gasteiger partial charge in [0, 0.05) is 30.6 Å². The maximum atomic E-state index is 12.9. The third-order valence-corrected chi connectivity index (χ3v) is 5.98. The van der Waals surface area contributed by atoms with Crippen LogP contribution in [0.25, 0.3) is 0 Å². The lowest BCUT2D eigenvalue weighted by Gasteiger charge is -2.33. The SMILES string of the molecule is Cc1ccc([C@@H](C)NC(=O)c2cccc([C@H]3CCCN(C(=O)NC(C)C)C3)c2)c(C)c1. The Morgan fingerprint density at radius 3 is 2.52 bits per heavy atom. The minimum atomic E-state index is -0.0699. The van der Waals surface area contributed by atoms with Gasteiger partial charge in [0.2, 0.25) is 0 Å². The summed E-state index contributed by atoms with van der Waals surface area (Å²) < 4.78 is 0. The van der Waals surface area contributed by atoms with Gasteiger partial charge in [-0.3, -0.25) is 4.79 Å². The maximum absolute atomic E-state index is 12.9. The molecular formula is C26H35N3O2. The molecule has 1 saturated heterocycles. The van der Waals surface area contributed by atoms with Crippen molar-refractivity contribution in [2.75, 3.05) is 13.1 Å². The Bertz CT molecular complexity index is 938. The molecule has 0 radical (unpaired) electrons. The van der Waals surface area contributed by atoms with Gasteiger partial charge in [-0.05, 0) is 76.3 Å². The lowest BCUT2D eigenvalue weighted by molar-refractivity contribution is 0.0939. The average Bonchev–Trinajstić information content (AvgIpc) is 2.73. The van der Waals surface area contributed by atoms with E-state index in [1.54, 1.807) is 0 Å². The van der Waals surface area contributed by atoms with E-state index in [1.807, 2.05) is 43.9 Å². The summed E-state index contributed by atoms with van der Waals surface area (Å²) in [4.78, 5) is 27.3. The Hall–Kier alpha value is -2.82. The highest BCUT2D eigenvalue weighted by molar-refractivity contribution is 5.94. The van der Waals surface area contributed by atoms with Crippen LogP contribution in [0.4, 0.5) is 4.79 Å². The molecule has 31 heavy (non-hydrogen) atoms. The normalized spacial score (nSPS) is 17.4. The zero-order valence-corrected chi connectivity index (χ0v) is 19.4. The van der Waals surface area contributed by atoms with E-state index in [1.165, 1.54) is 11.1 Å². The fraction of sp³-hybridized carbons (Fsp3) is 0.462. The van der Waals surface area contributed by atoms with Crippen LogP contribution in [0.15, 0.2) is 42.5 Å². The number of piperidine rings is 1. The van der Waals surface area contributed by atoms with E-state index in [4.69, 9.17) is 0 Å². The summed E-state index contributed by atoms with van der Waals surface area (Å²) in [6, 6.07) is 14.2. The van der Waals surface area contributed by atoms with Crippen LogP contribution in [0, 0.1) is 13.8 Å². The number of carbonyl (C=O) groups excluding carboxylic acids is 2. The number of hydrogen-bond donors (Lipinski definition) is 2. The van der Waals surface area contributed by atoms with Crippen molar-refractivity contribution in [3.8, 4) is 0 Å². The van der Waals surface area contributed by atoms with Gasteiger partial charge in [-0.25, -0.2) is 4.79 Å². The van der Waals surface area contributed by atoms with Crippen LogP contribution in [-0.4, -0.2) is 36.0 Å². The highest BCUT2D eigenvalue weighted by Crippen LogP contribution is 2.28. The van der Waals surface area contributed by atoms with E-state index in [-0.39, 0.29) is 29.9 Å². The van der Waals surface area contributed by atoms with Crippen molar-refractivity contribution in [1.29, 1.82) is 0 Å². The van der Waals surface area contributed by atoms with Crippen molar-refractivity contribution in [2.24, 2.45) is 0 Å². The number of benzene rings is 2. The summed E-state index contributed by atoms with van der Waals surface area (Å²) in [5.41, 5.74) is 5.32. The van der Waals surface area contributed by atoms with E-state index < -0.39 is 0 Å². The Kier molecular flexibility index (Phi) is 7.37. The second-order valence-electron chi connectivity index (χ2n) is 9.07. The van der Waals surface area contributed by atoms with Gasteiger partial charge in [0.25, 0.3) is 5.91 Å². The Morgan fingerprint density at radius 1 is 1.03 bits per heavy atom. The van der Waals surface area contributed by atoms with Gasteiger partial charge >= 0.3 is 6.03 Å². The van der Waals surface area contributed by atoms with Crippen molar-refractivity contribution in [3.63, 3.8) is 0 Å². The van der Waals surface area contributed by atoms with Gasteiger partial charge < -0.3 is 15.5 Å². The smallest absolute Gasteiger partial charge is 0.317 e. The lowest BCUT2D eigenvalue weighted by Crippen LogP contribution is -2.47. The number of nitrogens with zero attached hydrogens (tertiary/aromatic N) is 1. The molecule has 2 N–H and O–H groups in total. The first-order valence-corrected chi connectivity index (χ1v) is 11.3. The van der Waals surface area contributed by atoms with E-state index in [0.717, 1.165) is 30.5 Å². The zero-order chi connectivity index (χ0) is 22.5. The van der Waals surface area contributed by atoms with Gasteiger partial charge in [-0.2, -0.15) is 0 Å². The molecule has 1 aliphatic rings. The van der Waals surface area contributed by atoms with Gasteiger partial charge in [-0.15, -0.1) is 0 Å². The number of carbonyl (C=O) groups is 2. The van der Waals surface area contributed by atoms with Crippen molar-refractivity contribution in [2.45, 2.75) is 65.5 Å². The summed E-state index contributed by atoms with van der Waals surface area (Å²) in [6.07, 6.45) is 1.99. The quantitative estimate of drug-likeness (QED) is 0.706. The van der Waals surface area contributed by atoms with Crippen molar-refractivity contribution >= 4 is 11.9 Å². The van der Waals surface area contributed by atoms with Crippen LogP contribution in [-0.2, 0) is 0 Å². The minimum absolute atomic E-state index is 0.00381. The van der Waals surface area contributed by atoms with E-state index in [9.17, 15) is 9.59 Å². The molecule has 3 amide bonds. The molecule has 0 bridgehead atoms. The average molecular weight is 422 g/mol. The number of urea groups is 1. The molecule has 3 rings (SSSR count). The maximum Gasteiger partial charge on any atom is 0.317 e. The van der Waals surface area contributed by atoms with Crippen molar-refractivity contribution in [3.05, 3.63) is 70.3 Å². The zero-order valence-electron chi connectivity index (χ0n) is 19.4. The summed E-state index contributed by atoms with van der Waals surface area (Å²) >= 11 is 0. The van der Waals surface area contributed by atoms with Crippen molar-refractivity contribution < 1.29 is 9.59 Å². The van der Waals surface area contributed by atoms with Crippen LogP contribution in [0.3, 0.4) is 0 Å². The molecule has 2 atom stereocenters. The van der Waals surface area contributed by atoms with Crippen molar-refractivity contribution in [1.82, 2.24) is 15.5 Å². The van der Waals surface area contributed by atoms with Crippen LogP contribution < -0.4 is 10.6 Å². The second kappa shape index (κ2) is 9.99. The third kappa shape index (κ3) is 5.87. The number of rotatable bonds is 5. The second-order valence-corrected chi connectivity index (χ2v) is 9.07. The van der Waals surface area contributed by atoms with Gasteiger partial charge in [-0.1, -0.05) is 35.9 Å². The molecular weight excluding hydrogens is 386 g/mol. The Labute approximate surface area is 186 Å². The Morgan fingerprint density at radius 2 is 1.81 bits per heavy atom. The van der Waals surface area contributed by atoms with Crippen LogP contribution in [0.5, 0.6) is 0 Å². The number of nitrogens with one attached hydrogen (secondary N) is 2. The molecule has 5 heteroatoms. The summed E-state index contributed by atoms with van der Waals surface area (Å²) in [6.45, 7) is 11.6. The predicted molar refractivity (Wildman–Crippen MR) is 125 cm³/mol. The first kappa shape index (κ1) is 22.9. The molecule has 1 fully saturated rings. The van der Waals surface area contributed by atoms with E-state index in [0.29, 0.717) is 12.1 Å². The summed E-state index contributed by atoms with van der Waals surface area (Å²) in [5.74, 6) is 0.177. The molecule has 2 aromatic carbocycles.